The molecule has 0 amide bonds. The van der Waals surface area contributed by atoms with Crippen LogP contribution < -0.4 is 0 Å². The summed E-state index contributed by atoms with van der Waals surface area (Å²) in [5.74, 6) is 0. The number of benzene rings is 1. The van der Waals surface area contributed by atoms with E-state index in [4.69, 9.17) is 4.74 Å². The molecular weight excluding hydrogens is 172 g/mol. The van der Waals surface area contributed by atoms with E-state index in [0.29, 0.717) is 0 Å². The summed E-state index contributed by atoms with van der Waals surface area (Å²) in [6.07, 6.45) is 4.29. The largest absolute Gasteiger partial charge is 0.384 e. The van der Waals surface area contributed by atoms with Crippen LogP contribution in [0.25, 0.3) is 0 Å². The molecule has 0 saturated heterocycles. The SMILES string of the molecule is C=CC=C.COCCc1ccccc1. The second kappa shape index (κ2) is 9.75. The smallest absolute Gasteiger partial charge is 0.0502 e. The van der Waals surface area contributed by atoms with Crippen LogP contribution >= 0.6 is 0 Å². The van der Waals surface area contributed by atoms with E-state index in [9.17, 15) is 0 Å². The summed E-state index contributed by atoms with van der Waals surface area (Å²) in [6, 6.07) is 10.3. The number of methoxy groups -OCH3 is 1. The molecular formula is C13H18O. The van der Waals surface area contributed by atoms with Crippen LogP contribution in [0.15, 0.2) is 55.6 Å². The lowest BCUT2D eigenvalue weighted by Crippen LogP contribution is -1.92. The van der Waals surface area contributed by atoms with Gasteiger partial charge in [0.15, 0.2) is 0 Å². The van der Waals surface area contributed by atoms with Crippen molar-refractivity contribution >= 4 is 0 Å². The Hall–Kier alpha value is -1.34. The Balaban J connectivity index is 0.000000364. The summed E-state index contributed by atoms with van der Waals surface area (Å²) >= 11 is 0. The highest BCUT2D eigenvalue weighted by Crippen LogP contribution is 1.98. The molecule has 76 valence electrons. The lowest BCUT2D eigenvalue weighted by atomic mass is 10.2. The Kier molecular flexibility index (Phi) is 8.81. The van der Waals surface area contributed by atoms with Gasteiger partial charge in [-0.1, -0.05) is 55.6 Å². The number of hydrogen-bond donors (Lipinski definition) is 0. The first-order valence-electron chi connectivity index (χ1n) is 4.61. The second-order valence-corrected chi connectivity index (χ2v) is 2.70. The summed E-state index contributed by atoms with van der Waals surface area (Å²) in [7, 11) is 1.73. The minimum absolute atomic E-state index is 0.810. The highest BCUT2D eigenvalue weighted by molar-refractivity contribution is 5.14. The van der Waals surface area contributed by atoms with E-state index in [-0.39, 0.29) is 0 Å². The molecule has 1 aromatic rings. The van der Waals surface area contributed by atoms with Gasteiger partial charge in [0.1, 0.15) is 0 Å². The number of hydrogen-bond acceptors (Lipinski definition) is 1. The molecule has 0 spiro atoms. The zero-order valence-electron chi connectivity index (χ0n) is 8.78. The van der Waals surface area contributed by atoms with E-state index in [1.165, 1.54) is 5.56 Å². The normalized spacial score (nSPS) is 8.36. The highest BCUT2D eigenvalue weighted by atomic mass is 16.5. The standard InChI is InChI=1S/C9H12O.C4H6/c1-10-8-7-9-5-3-2-4-6-9;1-3-4-2/h2-6H,7-8H2,1H3;3-4H,1-2H2. The van der Waals surface area contributed by atoms with E-state index in [2.05, 4.69) is 25.3 Å². The molecule has 1 rings (SSSR count). The molecule has 0 bridgehead atoms. The van der Waals surface area contributed by atoms with Crippen molar-refractivity contribution in [1.29, 1.82) is 0 Å². The first-order valence-corrected chi connectivity index (χ1v) is 4.61. The molecule has 0 aliphatic heterocycles. The lowest BCUT2D eigenvalue weighted by Gasteiger charge is -1.97. The van der Waals surface area contributed by atoms with Crippen LogP contribution in [-0.2, 0) is 11.2 Å². The Morgan fingerprint density at radius 1 is 1.14 bits per heavy atom. The zero-order chi connectivity index (χ0) is 10.6. The first-order chi connectivity index (χ1) is 6.85. The highest BCUT2D eigenvalue weighted by Gasteiger charge is 1.87. The van der Waals surface area contributed by atoms with E-state index in [0.717, 1.165) is 13.0 Å². The van der Waals surface area contributed by atoms with Gasteiger partial charge >= 0.3 is 0 Å². The van der Waals surface area contributed by atoms with Crippen LogP contribution in [0.2, 0.25) is 0 Å². The van der Waals surface area contributed by atoms with Gasteiger partial charge in [-0.3, -0.25) is 0 Å². The molecule has 0 heterocycles. The van der Waals surface area contributed by atoms with Gasteiger partial charge in [0.2, 0.25) is 0 Å². The maximum absolute atomic E-state index is 4.95. The van der Waals surface area contributed by atoms with Crippen LogP contribution in [-0.4, -0.2) is 13.7 Å². The number of allylic oxidation sites excluding steroid dienone is 2. The average Bonchev–Trinajstić information content (AvgIpc) is 2.28. The topological polar surface area (TPSA) is 9.23 Å². The monoisotopic (exact) mass is 190 g/mol. The molecule has 0 atom stereocenters. The third-order valence-corrected chi connectivity index (χ3v) is 1.60. The molecule has 1 aromatic carbocycles. The summed E-state index contributed by atoms with van der Waals surface area (Å²) in [4.78, 5) is 0. The predicted molar refractivity (Wildman–Crippen MR) is 62.4 cm³/mol. The number of ether oxygens (including phenoxy) is 1. The molecule has 0 N–H and O–H groups in total. The molecule has 1 heteroatoms. The maximum Gasteiger partial charge on any atom is 0.0502 e. The fourth-order valence-electron chi connectivity index (χ4n) is 0.865. The summed E-state index contributed by atoms with van der Waals surface area (Å²) in [5, 5.41) is 0. The molecule has 0 aliphatic rings. The zero-order valence-corrected chi connectivity index (χ0v) is 8.78. The average molecular weight is 190 g/mol. The van der Waals surface area contributed by atoms with Gasteiger partial charge in [-0.25, -0.2) is 0 Å². The van der Waals surface area contributed by atoms with Crippen LogP contribution in [0.3, 0.4) is 0 Å². The Morgan fingerprint density at radius 2 is 1.71 bits per heavy atom. The third kappa shape index (κ3) is 7.32. The van der Waals surface area contributed by atoms with Crippen LogP contribution in [0, 0.1) is 0 Å². The fraction of sp³-hybridized carbons (Fsp3) is 0.231. The molecule has 0 aromatic heterocycles. The quantitative estimate of drug-likeness (QED) is 0.662. The molecule has 0 radical (unpaired) electrons. The number of rotatable bonds is 4. The van der Waals surface area contributed by atoms with E-state index < -0.39 is 0 Å². The van der Waals surface area contributed by atoms with Crippen molar-refractivity contribution in [3.63, 3.8) is 0 Å². The van der Waals surface area contributed by atoms with Crippen LogP contribution in [0.4, 0.5) is 0 Å². The second-order valence-electron chi connectivity index (χ2n) is 2.70. The van der Waals surface area contributed by atoms with Crippen molar-refractivity contribution < 1.29 is 4.74 Å². The molecule has 0 unspecified atom stereocenters. The summed E-state index contributed by atoms with van der Waals surface area (Å²) in [6.45, 7) is 7.53. The maximum atomic E-state index is 4.95. The molecule has 0 saturated carbocycles. The summed E-state index contributed by atoms with van der Waals surface area (Å²) in [5.41, 5.74) is 1.34. The van der Waals surface area contributed by atoms with Crippen molar-refractivity contribution in [2.45, 2.75) is 6.42 Å². The Labute approximate surface area is 86.7 Å². The van der Waals surface area contributed by atoms with Gasteiger partial charge in [0, 0.05) is 7.11 Å². The van der Waals surface area contributed by atoms with Gasteiger partial charge in [-0.05, 0) is 12.0 Å². The van der Waals surface area contributed by atoms with Gasteiger partial charge < -0.3 is 4.74 Å². The van der Waals surface area contributed by atoms with Crippen molar-refractivity contribution in [2.24, 2.45) is 0 Å². The van der Waals surface area contributed by atoms with Crippen molar-refractivity contribution in [1.82, 2.24) is 0 Å². The predicted octanol–water partition coefficient (Wildman–Crippen LogP) is 3.23. The van der Waals surface area contributed by atoms with E-state index in [1.807, 2.05) is 18.2 Å². The molecule has 0 aliphatic carbocycles. The minimum Gasteiger partial charge on any atom is -0.384 e. The van der Waals surface area contributed by atoms with Crippen LogP contribution in [0.1, 0.15) is 5.56 Å². The Morgan fingerprint density at radius 3 is 2.14 bits per heavy atom. The fourth-order valence-corrected chi connectivity index (χ4v) is 0.865. The van der Waals surface area contributed by atoms with Gasteiger partial charge in [-0.2, -0.15) is 0 Å². The van der Waals surface area contributed by atoms with Crippen LogP contribution in [0.5, 0.6) is 0 Å². The molecule has 0 fully saturated rings. The minimum atomic E-state index is 0.810. The Bertz CT molecular complexity index is 233. The van der Waals surface area contributed by atoms with E-state index in [1.54, 1.807) is 19.3 Å². The van der Waals surface area contributed by atoms with E-state index >= 15 is 0 Å². The van der Waals surface area contributed by atoms with Crippen molar-refractivity contribution in [3.8, 4) is 0 Å². The lowest BCUT2D eigenvalue weighted by molar-refractivity contribution is 0.202. The van der Waals surface area contributed by atoms with Gasteiger partial charge in [0.25, 0.3) is 0 Å². The van der Waals surface area contributed by atoms with Crippen molar-refractivity contribution in [3.05, 3.63) is 61.2 Å². The third-order valence-electron chi connectivity index (χ3n) is 1.60. The van der Waals surface area contributed by atoms with Gasteiger partial charge in [0.05, 0.1) is 6.61 Å². The molecule has 14 heavy (non-hydrogen) atoms. The molecule has 1 nitrogen and oxygen atoms in total. The summed E-state index contributed by atoms with van der Waals surface area (Å²) < 4.78 is 4.95. The first kappa shape index (κ1) is 12.7. The van der Waals surface area contributed by atoms with Crippen molar-refractivity contribution in [2.75, 3.05) is 13.7 Å². The van der Waals surface area contributed by atoms with Gasteiger partial charge in [-0.15, -0.1) is 0 Å².